The zero-order valence-electron chi connectivity index (χ0n) is 11.4. The molecular formula is C14H21ClN4. The Balaban J connectivity index is 0.00000180. The largest absolute Gasteiger partial charge is 1.00 e. The molecule has 3 N–H and O–H groups in total. The van der Waals surface area contributed by atoms with Gasteiger partial charge in [-0.15, -0.1) is 0 Å². The number of nitrogens with one attached hydrogen (secondary N) is 1. The Labute approximate surface area is 120 Å². The number of nitrogens with zero attached hydrogens (tertiary/aromatic N) is 2. The van der Waals surface area contributed by atoms with Crippen LogP contribution in [0, 0.1) is 6.92 Å². The van der Waals surface area contributed by atoms with Crippen LogP contribution in [0.1, 0.15) is 12.0 Å². The predicted molar refractivity (Wildman–Crippen MR) is 74.3 cm³/mol. The summed E-state index contributed by atoms with van der Waals surface area (Å²) < 4.78 is 4.25. The molecule has 0 saturated carbocycles. The molecule has 0 aliphatic heterocycles. The normalized spacial score (nSPS) is 10.0. The third-order valence-corrected chi connectivity index (χ3v) is 2.98. The van der Waals surface area contributed by atoms with Crippen LogP contribution in [0.15, 0.2) is 36.9 Å². The third kappa shape index (κ3) is 4.48. The van der Waals surface area contributed by atoms with Gasteiger partial charge in [0.2, 0.25) is 6.33 Å². The molecule has 0 bridgehead atoms. The Kier molecular flexibility index (Phi) is 5.70. The number of anilines is 2. The quantitative estimate of drug-likeness (QED) is 0.407. The van der Waals surface area contributed by atoms with E-state index in [2.05, 4.69) is 40.1 Å². The molecule has 0 fully saturated rings. The predicted octanol–water partition coefficient (Wildman–Crippen LogP) is -1.29. The number of imidazole rings is 1. The van der Waals surface area contributed by atoms with Gasteiger partial charge in [-0.25, -0.2) is 9.13 Å². The van der Waals surface area contributed by atoms with Crippen molar-refractivity contribution in [3.05, 3.63) is 42.5 Å². The number of hydrogen-bond donors (Lipinski definition) is 2. The summed E-state index contributed by atoms with van der Waals surface area (Å²) in [5.74, 6) is 0. The molecule has 2 aromatic rings. The summed E-state index contributed by atoms with van der Waals surface area (Å²) >= 11 is 0. The lowest BCUT2D eigenvalue weighted by atomic mass is 10.2. The summed E-state index contributed by atoms with van der Waals surface area (Å²) in [5, 5.41) is 3.44. The molecule has 1 aromatic carbocycles. The fraction of sp³-hybridized carbons (Fsp3) is 0.357. The van der Waals surface area contributed by atoms with Crippen LogP contribution in [-0.4, -0.2) is 11.1 Å². The highest BCUT2D eigenvalue weighted by molar-refractivity contribution is 5.57. The van der Waals surface area contributed by atoms with Crippen molar-refractivity contribution in [3.8, 4) is 0 Å². The third-order valence-electron chi connectivity index (χ3n) is 2.98. The Morgan fingerprint density at radius 1 is 1.37 bits per heavy atom. The lowest BCUT2D eigenvalue weighted by Gasteiger charge is -2.09. The van der Waals surface area contributed by atoms with Gasteiger partial charge in [-0.05, 0) is 30.7 Å². The summed E-state index contributed by atoms with van der Waals surface area (Å²) in [7, 11) is 2.03. The van der Waals surface area contributed by atoms with Crippen molar-refractivity contribution in [2.24, 2.45) is 7.05 Å². The molecule has 0 aliphatic carbocycles. The molecule has 0 spiro atoms. The van der Waals surface area contributed by atoms with Crippen molar-refractivity contribution in [2.75, 3.05) is 17.6 Å². The minimum atomic E-state index is 0. The molecule has 1 heterocycles. The average molecular weight is 281 g/mol. The number of aromatic nitrogens is 2. The molecule has 2 rings (SSSR count). The number of nitrogens with two attached hydrogens (primary N) is 1. The maximum Gasteiger partial charge on any atom is 0.243 e. The van der Waals surface area contributed by atoms with E-state index in [9.17, 15) is 0 Å². The second kappa shape index (κ2) is 7.04. The minimum absolute atomic E-state index is 0. The molecule has 0 saturated heterocycles. The van der Waals surface area contributed by atoms with Gasteiger partial charge in [0.05, 0.1) is 13.6 Å². The highest BCUT2D eigenvalue weighted by Gasteiger charge is 2.00. The van der Waals surface area contributed by atoms with Crippen LogP contribution in [0.3, 0.4) is 0 Å². The number of aryl methyl sites for hydroxylation is 3. The van der Waals surface area contributed by atoms with E-state index in [0.29, 0.717) is 0 Å². The second-order valence-electron chi connectivity index (χ2n) is 4.67. The first-order valence-electron chi connectivity index (χ1n) is 6.26. The van der Waals surface area contributed by atoms with Gasteiger partial charge in [-0.1, -0.05) is 0 Å². The Morgan fingerprint density at radius 3 is 2.79 bits per heavy atom. The van der Waals surface area contributed by atoms with Gasteiger partial charge in [0.25, 0.3) is 0 Å². The van der Waals surface area contributed by atoms with E-state index >= 15 is 0 Å². The first-order valence-corrected chi connectivity index (χ1v) is 6.26. The van der Waals surface area contributed by atoms with Gasteiger partial charge < -0.3 is 23.5 Å². The lowest BCUT2D eigenvalue weighted by Crippen LogP contribution is -3.00. The summed E-state index contributed by atoms with van der Waals surface area (Å²) in [4.78, 5) is 0. The van der Waals surface area contributed by atoms with Crippen molar-refractivity contribution in [1.29, 1.82) is 0 Å². The van der Waals surface area contributed by atoms with Crippen molar-refractivity contribution in [1.82, 2.24) is 4.57 Å². The van der Waals surface area contributed by atoms with Crippen LogP contribution in [0.25, 0.3) is 0 Å². The summed E-state index contributed by atoms with van der Waals surface area (Å²) in [6.45, 7) is 4.07. The highest BCUT2D eigenvalue weighted by Crippen LogP contribution is 2.17. The number of rotatable bonds is 5. The van der Waals surface area contributed by atoms with E-state index in [1.807, 2.05) is 25.2 Å². The van der Waals surface area contributed by atoms with Crippen molar-refractivity contribution in [3.63, 3.8) is 0 Å². The number of nitrogen functional groups attached to an aromatic ring is 1. The fourth-order valence-corrected chi connectivity index (χ4v) is 2.00. The van der Waals surface area contributed by atoms with Gasteiger partial charge in [0, 0.05) is 24.3 Å². The lowest BCUT2D eigenvalue weighted by molar-refractivity contribution is -0.671. The molecule has 5 heteroatoms. The van der Waals surface area contributed by atoms with Crippen LogP contribution < -0.4 is 28.0 Å². The second-order valence-corrected chi connectivity index (χ2v) is 4.67. The molecule has 1 aromatic heterocycles. The maximum absolute atomic E-state index is 5.73. The number of halogens is 1. The van der Waals surface area contributed by atoms with Crippen molar-refractivity contribution < 1.29 is 17.0 Å². The fourth-order valence-electron chi connectivity index (χ4n) is 2.00. The van der Waals surface area contributed by atoms with E-state index in [1.165, 1.54) is 11.3 Å². The van der Waals surface area contributed by atoms with Crippen LogP contribution >= 0.6 is 0 Å². The summed E-state index contributed by atoms with van der Waals surface area (Å²) in [6.07, 6.45) is 7.33. The summed E-state index contributed by atoms with van der Waals surface area (Å²) in [5.41, 5.74) is 8.91. The van der Waals surface area contributed by atoms with Crippen LogP contribution in [0.4, 0.5) is 11.4 Å². The van der Waals surface area contributed by atoms with Gasteiger partial charge in [0.15, 0.2) is 0 Å². The number of hydrogen-bond acceptors (Lipinski definition) is 2. The SMILES string of the molecule is Cc1cc(N)ccc1NCCCn1cc[n+](C)c1.[Cl-]. The smallest absolute Gasteiger partial charge is 0.243 e. The van der Waals surface area contributed by atoms with Gasteiger partial charge in [0.1, 0.15) is 12.4 Å². The van der Waals surface area contributed by atoms with Crippen LogP contribution in [-0.2, 0) is 13.6 Å². The highest BCUT2D eigenvalue weighted by atomic mass is 35.5. The molecule has 4 nitrogen and oxygen atoms in total. The number of benzene rings is 1. The molecule has 0 aliphatic rings. The molecule has 0 atom stereocenters. The molecule has 0 amide bonds. The minimum Gasteiger partial charge on any atom is -1.00 e. The van der Waals surface area contributed by atoms with Gasteiger partial charge in [-0.2, -0.15) is 0 Å². The Hall–Kier alpha value is -1.68. The van der Waals surface area contributed by atoms with Gasteiger partial charge >= 0.3 is 0 Å². The monoisotopic (exact) mass is 280 g/mol. The van der Waals surface area contributed by atoms with E-state index < -0.39 is 0 Å². The van der Waals surface area contributed by atoms with E-state index in [0.717, 1.165) is 25.2 Å². The molecular weight excluding hydrogens is 260 g/mol. The molecule has 0 radical (unpaired) electrons. The zero-order valence-corrected chi connectivity index (χ0v) is 12.2. The zero-order chi connectivity index (χ0) is 13.0. The van der Waals surface area contributed by atoms with Crippen LogP contribution in [0.2, 0.25) is 0 Å². The molecule has 104 valence electrons. The summed E-state index contributed by atoms with van der Waals surface area (Å²) in [6, 6.07) is 5.97. The van der Waals surface area contributed by atoms with E-state index in [1.54, 1.807) is 0 Å². The molecule has 0 unspecified atom stereocenters. The maximum atomic E-state index is 5.73. The Bertz CT molecular complexity index is 522. The standard InChI is InChI=1S/C14H21N4.ClH/c1-12-10-13(15)4-5-14(12)16-6-3-7-18-9-8-17(2)11-18;/h4-5,8-11,16H,3,6-7,15H2,1-2H3;1H/q+1;/p-1. The van der Waals surface area contributed by atoms with E-state index in [4.69, 9.17) is 5.73 Å². The topological polar surface area (TPSA) is 46.9 Å². The molecule has 19 heavy (non-hydrogen) atoms. The van der Waals surface area contributed by atoms with Gasteiger partial charge in [-0.3, -0.25) is 0 Å². The van der Waals surface area contributed by atoms with Crippen molar-refractivity contribution >= 4 is 11.4 Å². The van der Waals surface area contributed by atoms with Crippen LogP contribution in [0.5, 0.6) is 0 Å². The first-order chi connectivity index (χ1) is 8.65. The van der Waals surface area contributed by atoms with E-state index in [-0.39, 0.29) is 12.4 Å². The average Bonchev–Trinajstić information content (AvgIpc) is 2.73. The Morgan fingerprint density at radius 2 is 2.16 bits per heavy atom. The van der Waals surface area contributed by atoms with Crippen molar-refractivity contribution in [2.45, 2.75) is 19.9 Å². The first kappa shape index (κ1) is 15.4.